The van der Waals surface area contributed by atoms with E-state index in [2.05, 4.69) is 0 Å². The molecular weight excluding hydrogens is 438 g/mol. The van der Waals surface area contributed by atoms with Crippen LogP contribution in [-0.4, -0.2) is 44.3 Å². The number of rotatable bonds is 4. The van der Waals surface area contributed by atoms with Crippen LogP contribution < -0.4 is 0 Å². The minimum Gasteiger partial charge on any atom is -0.480 e. The first-order chi connectivity index (χ1) is 11.9. The number of carbonyl (C=O) groups is 4. The van der Waals surface area contributed by atoms with E-state index in [-0.39, 0.29) is 0 Å². The number of benzene rings is 1. The van der Waals surface area contributed by atoms with E-state index in [4.69, 9.17) is 46.4 Å². The molecule has 0 aromatic heterocycles. The molecule has 1 aliphatic rings. The topological polar surface area (TPSA) is 149 Å². The van der Waals surface area contributed by atoms with Crippen molar-refractivity contribution in [2.45, 2.75) is 11.3 Å². The second-order valence-electron chi connectivity index (χ2n) is 5.11. The molecule has 2 rings (SSSR count). The summed E-state index contributed by atoms with van der Waals surface area (Å²) in [6.07, 6.45) is -0.808. The predicted octanol–water partition coefficient (Wildman–Crippen LogP) is 3.35. The average Bonchev–Trinajstić information content (AvgIpc) is 2.47. The summed E-state index contributed by atoms with van der Waals surface area (Å²) in [7, 11) is 0. The van der Waals surface area contributed by atoms with Gasteiger partial charge in [-0.05, 0) is 0 Å². The van der Waals surface area contributed by atoms with E-state index in [1.807, 2.05) is 0 Å². The van der Waals surface area contributed by atoms with Gasteiger partial charge >= 0.3 is 23.9 Å². The summed E-state index contributed by atoms with van der Waals surface area (Å²) in [5.74, 6) is -7.06. The minimum atomic E-state index is -2.57. The van der Waals surface area contributed by atoms with Crippen LogP contribution in [0.3, 0.4) is 0 Å². The highest BCUT2D eigenvalue weighted by atomic mass is 35.5. The molecule has 138 valence electrons. The Morgan fingerprint density at radius 3 is 1.65 bits per heavy atom. The number of allylic oxidation sites excluding steroid dienone is 1. The summed E-state index contributed by atoms with van der Waals surface area (Å²) in [6, 6.07) is 0. The summed E-state index contributed by atoms with van der Waals surface area (Å²) < 4.78 is 0. The van der Waals surface area contributed by atoms with Crippen molar-refractivity contribution in [3.8, 4) is 0 Å². The monoisotopic (exact) mass is 442 g/mol. The van der Waals surface area contributed by atoms with Crippen molar-refractivity contribution >= 4 is 75.9 Å². The maximum atomic E-state index is 11.7. The zero-order chi connectivity index (χ0) is 20.1. The van der Waals surface area contributed by atoms with Gasteiger partial charge in [-0.25, -0.2) is 19.2 Å². The number of hydrogen-bond acceptors (Lipinski definition) is 4. The Kier molecular flexibility index (Phi) is 5.17. The van der Waals surface area contributed by atoms with Gasteiger partial charge in [0.1, 0.15) is 0 Å². The molecule has 0 saturated heterocycles. The van der Waals surface area contributed by atoms with Gasteiger partial charge < -0.3 is 20.4 Å². The number of alkyl halides is 1. The van der Waals surface area contributed by atoms with Crippen molar-refractivity contribution < 1.29 is 39.6 Å². The van der Waals surface area contributed by atoms with Crippen LogP contribution in [0.25, 0.3) is 5.57 Å². The molecule has 4 N–H and O–H groups in total. The molecule has 0 fully saturated rings. The highest BCUT2D eigenvalue weighted by Gasteiger charge is 2.51. The Bertz CT molecular complexity index is 936. The lowest BCUT2D eigenvalue weighted by Gasteiger charge is -2.33. The lowest BCUT2D eigenvalue weighted by Crippen LogP contribution is -2.37. The molecule has 0 aliphatic heterocycles. The highest BCUT2D eigenvalue weighted by molar-refractivity contribution is 6.48. The maximum Gasteiger partial charge on any atom is 0.337 e. The molecular formula is C14H6Cl4O8. The predicted molar refractivity (Wildman–Crippen MR) is 90.6 cm³/mol. The average molecular weight is 444 g/mol. The van der Waals surface area contributed by atoms with Gasteiger partial charge in [0.2, 0.25) is 0 Å². The van der Waals surface area contributed by atoms with Crippen LogP contribution in [0, 0.1) is 0 Å². The molecule has 1 aromatic rings. The summed E-state index contributed by atoms with van der Waals surface area (Å²) >= 11 is 23.6. The van der Waals surface area contributed by atoms with Gasteiger partial charge in [0.05, 0.1) is 26.7 Å². The number of carboxylic acid groups (broad SMARTS) is 4. The molecule has 0 amide bonds. The molecule has 12 heteroatoms. The van der Waals surface area contributed by atoms with Crippen LogP contribution >= 0.6 is 46.4 Å². The molecule has 1 atom stereocenters. The van der Waals surface area contributed by atoms with E-state index in [1.165, 1.54) is 0 Å². The number of halogens is 4. The van der Waals surface area contributed by atoms with Gasteiger partial charge in [-0.1, -0.05) is 34.8 Å². The quantitative estimate of drug-likeness (QED) is 0.517. The van der Waals surface area contributed by atoms with Gasteiger partial charge in [0, 0.05) is 22.6 Å². The fourth-order valence-electron chi connectivity index (χ4n) is 2.67. The maximum absolute atomic E-state index is 11.7. The van der Waals surface area contributed by atoms with Crippen LogP contribution in [0.4, 0.5) is 0 Å². The van der Waals surface area contributed by atoms with E-state index in [0.29, 0.717) is 0 Å². The summed E-state index contributed by atoms with van der Waals surface area (Å²) in [5.41, 5.74) is -4.29. The van der Waals surface area contributed by atoms with Crippen LogP contribution in [-0.2, 0) is 14.5 Å². The second-order valence-corrected chi connectivity index (χ2v) is 6.96. The van der Waals surface area contributed by atoms with E-state index in [0.717, 1.165) is 0 Å². The largest absolute Gasteiger partial charge is 0.480 e. The van der Waals surface area contributed by atoms with Crippen molar-refractivity contribution in [2.24, 2.45) is 0 Å². The standard InChI is InChI=1S/C14H6Cl4O8/c15-2-1-14(18,13(25)26)7-4(3(2)10(19)20)5(11(21)22)8(16)9(17)6(7)12(23)24/h1H2,(H,19,20)(H,21,22)(H,23,24)(H,25,26). The first-order valence-corrected chi connectivity index (χ1v) is 7.94. The van der Waals surface area contributed by atoms with Gasteiger partial charge in [0.25, 0.3) is 0 Å². The van der Waals surface area contributed by atoms with Gasteiger partial charge in [-0.2, -0.15) is 0 Å². The Hall–Kier alpha value is -2.00. The van der Waals surface area contributed by atoms with Crippen molar-refractivity contribution in [3.05, 3.63) is 37.3 Å². The Morgan fingerprint density at radius 1 is 0.808 bits per heavy atom. The van der Waals surface area contributed by atoms with Crippen LogP contribution in [0.15, 0.2) is 5.03 Å². The summed E-state index contributed by atoms with van der Waals surface area (Å²) in [4.78, 5) is 44.1. The Labute approximate surface area is 164 Å². The SMILES string of the molecule is O=C(O)C1=C(Cl)CC(Cl)(C(=O)O)c2c(C(=O)O)c(Cl)c(Cl)c(C(=O)O)c21. The number of aromatic carboxylic acids is 2. The van der Waals surface area contributed by atoms with Crippen molar-refractivity contribution in [2.75, 3.05) is 0 Å². The zero-order valence-corrected chi connectivity index (χ0v) is 15.2. The van der Waals surface area contributed by atoms with Gasteiger partial charge in [-0.15, -0.1) is 11.6 Å². The number of carboxylic acids is 4. The highest BCUT2D eigenvalue weighted by Crippen LogP contribution is 2.53. The third-order valence-corrected chi connectivity index (χ3v) is 5.34. The number of aliphatic carboxylic acids is 2. The van der Waals surface area contributed by atoms with Gasteiger partial charge in [-0.3, -0.25) is 0 Å². The molecule has 26 heavy (non-hydrogen) atoms. The van der Waals surface area contributed by atoms with Crippen molar-refractivity contribution in [1.82, 2.24) is 0 Å². The molecule has 8 nitrogen and oxygen atoms in total. The zero-order valence-electron chi connectivity index (χ0n) is 12.1. The Morgan fingerprint density at radius 2 is 1.27 bits per heavy atom. The summed E-state index contributed by atoms with van der Waals surface area (Å²) in [6.45, 7) is 0. The molecule has 0 radical (unpaired) electrons. The van der Waals surface area contributed by atoms with Gasteiger partial charge in [0.15, 0.2) is 4.87 Å². The van der Waals surface area contributed by atoms with E-state index in [9.17, 15) is 39.6 Å². The molecule has 0 saturated carbocycles. The molecule has 1 unspecified atom stereocenters. The van der Waals surface area contributed by atoms with E-state index >= 15 is 0 Å². The van der Waals surface area contributed by atoms with E-state index < -0.39 is 78.1 Å². The first-order valence-electron chi connectivity index (χ1n) is 6.42. The van der Waals surface area contributed by atoms with Crippen molar-refractivity contribution in [1.29, 1.82) is 0 Å². The molecule has 0 heterocycles. The normalized spacial score (nSPS) is 19.1. The first kappa shape index (κ1) is 20.3. The van der Waals surface area contributed by atoms with Crippen molar-refractivity contribution in [3.63, 3.8) is 0 Å². The molecule has 0 bridgehead atoms. The smallest absolute Gasteiger partial charge is 0.337 e. The number of fused-ring (bicyclic) bond motifs is 1. The Balaban J connectivity index is 3.27. The lowest BCUT2D eigenvalue weighted by molar-refractivity contribution is -0.140. The lowest BCUT2D eigenvalue weighted by atomic mass is 9.77. The fraction of sp³-hybridized carbons (Fsp3) is 0.143. The fourth-order valence-corrected chi connectivity index (χ4v) is 3.98. The minimum absolute atomic E-state index is 0.584. The number of hydrogen-bond donors (Lipinski definition) is 4. The second kappa shape index (κ2) is 6.62. The van der Waals surface area contributed by atoms with Crippen LogP contribution in [0.2, 0.25) is 10.0 Å². The van der Waals surface area contributed by atoms with E-state index in [1.54, 1.807) is 0 Å². The molecule has 1 aromatic carbocycles. The third-order valence-electron chi connectivity index (χ3n) is 3.68. The molecule has 1 aliphatic carbocycles. The van der Waals surface area contributed by atoms with Crippen LogP contribution in [0.5, 0.6) is 0 Å². The molecule has 0 spiro atoms. The summed E-state index contributed by atoms with van der Waals surface area (Å²) in [5, 5.41) is 35.6. The third kappa shape index (κ3) is 2.79. The van der Waals surface area contributed by atoms with Crippen LogP contribution in [0.1, 0.15) is 38.3 Å².